The van der Waals surface area contributed by atoms with Crippen molar-refractivity contribution in [3.63, 3.8) is 0 Å². The molecule has 0 spiro atoms. The molecule has 0 amide bonds. The molecule has 1 unspecified atom stereocenters. The number of hydrogen-bond acceptors (Lipinski definition) is 5. The van der Waals surface area contributed by atoms with Crippen molar-refractivity contribution in [2.24, 2.45) is 5.92 Å². The lowest BCUT2D eigenvalue weighted by atomic mass is 9.77. The zero-order valence-corrected chi connectivity index (χ0v) is 16.8. The lowest BCUT2D eigenvalue weighted by Crippen LogP contribution is -2.44. The monoisotopic (exact) mass is 386 g/mol. The number of ether oxygens (including phenoxy) is 3. The first-order valence-electron chi connectivity index (χ1n) is 10.4. The lowest BCUT2D eigenvalue weighted by molar-refractivity contribution is -0.165. The Labute approximate surface area is 166 Å². The topological polar surface area (TPSA) is 65.0 Å². The molecular weight excluding hydrogens is 356 g/mol. The van der Waals surface area contributed by atoms with Gasteiger partial charge >= 0.3 is 5.97 Å². The van der Waals surface area contributed by atoms with Gasteiger partial charge in [-0.05, 0) is 56.6 Å². The number of hydrogen-bond donors (Lipinski definition) is 1. The minimum atomic E-state index is -0.664. The van der Waals surface area contributed by atoms with Crippen LogP contribution in [0.1, 0.15) is 62.1 Å². The third-order valence-electron chi connectivity index (χ3n) is 6.62. The standard InChI is InChI=1S/C23H30O5/c1-16-13-17(7-8-20(16)22(2)26-11-12-27-22)9-10-23(18-5-3-4-6-18)15-19(24)14-21(25)28-23/h7-8,13-14,18,24H,3-6,9-12,15H2,1-2H3. The van der Waals surface area contributed by atoms with E-state index < -0.39 is 17.4 Å². The van der Waals surface area contributed by atoms with Crippen molar-refractivity contribution >= 4 is 5.97 Å². The van der Waals surface area contributed by atoms with Crippen molar-refractivity contribution in [2.45, 2.75) is 70.2 Å². The van der Waals surface area contributed by atoms with Crippen LogP contribution in [0.5, 0.6) is 0 Å². The van der Waals surface area contributed by atoms with E-state index in [1.54, 1.807) is 0 Å². The number of carbonyl (C=O) groups is 1. The summed E-state index contributed by atoms with van der Waals surface area (Å²) in [5.74, 6) is -0.598. The van der Waals surface area contributed by atoms with Gasteiger partial charge < -0.3 is 19.3 Å². The summed E-state index contributed by atoms with van der Waals surface area (Å²) in [7, 11) is 0. The Morgan fingerprint density at radius 3 is 2.54 bits per heavy atom. The molecule has 152 valence electrons. The normalized spacial score (nSPS) is 27.6. The molecule has 28 heavy (non-hydrogen) atoms. The third-order valence-corrected chi connectivity index (χ3v) is 6.62. The molecule has 1 saturated carbocycles. The summed E-state index contributed by atoms with van der Waals surface area (Å²) < 4.78 is 17.5. The van der Waals surface area contributed by atoms with Crippen LogP contribution >= 0.6 is 0 Å². The quantitative estimate of drug-likeness (QED) is 0.757. The van der Waals surface area contributed by atoms with Crippen molar-refractivity contribution in [1.29, 1.82) is 0 Å². The molecule has 3 aliphatic rings. The van der Waals surface area contributed by atoms with Gasteiger partial charge in [-0.1, -0.05) is 31.0 Å². The Kier molecular flexibility index (Phi) is 5.23. The Balaban J connectivity index is 1.52. The molecule has 4 rings (SSSR count). The largest absolute Gasteiger partial charge is 0.512 e. The smallest absolute Gasteiger partial charge is 0.334 e. The van der Waals surface area contributed by atoms with Gasteiger partial charge in [-0.25, -0.2) is 4.79 Å². The molecular formula is C23H30O5. The second-order valence-electron chi connectivity index (χ2n) is 8.57. The zero-order chi connectivity index (χ0) is 19.8. The second-order valence-corrected chi connectivity index (χ2v) is 8.57. The Morgan fingerprint density at radius 1 is 1.18 bits per heavy atom. The van der Waals surface area contributed by atoms with Crippen molar-refractivity contribution in [2.75, 3.05) is 13.2 Å². The van der Waals surface area contributed by atoms with Crippen LogP contribution in [0.25, 0.3) is 0 Å². The van der Waals surface area contributed by atoms with Gasteiger partial charge in [0.25, 0.3) is 0 Å². The average molecular weight is 386 g/mol. The van der Waals surface area contributed by atoms with Crippen LogP contribution in [0.15, 0.2) is 30.0 Å². The van der Waals surface area contributed by atoms with E-state index in [4.69, 9.17) is 14.2 Å². The average Bonchev–Trinajstić information content (AvgIpc) is 3.32. The zero-order valence-electron chi connectivity index (χ0n) is 16.8. The summed E-state index contributed by atoms with van der Waals surface area (Å²) >= 11 is 0. The lowest BCUT2D eigenvalue weighted by Gasteiger charge is -2.40. The number of benzene rings is 1. The fraction of sp³-hybridized carbons (Fsp3) is 0.609. The maximum absolute atomic E-state index is 12.1. The number of rotatable bonds is 5. The van der Waals surface area contributed by atoms with E-state index in [1.165, 1.54) is 24.5 Å². The summed E-state index contributed by atoms with van der Waals surface area (Å²) in [5.41, 5.74) is 2.82. The van der Waals surface area contributed by atoms with E-state index in [0.29, 0.717) is 25.6 Å². The molecule has 0 aromatic heterocycles. The first kappa shape index (κ1) is 19.5. The number of aliphatic hydroxyl groups is 1. The van der Waals surface area contributed by atoms with Crippen LogP contribution in [0.3, 0.4) is 0 Å². The highest BCUT2D eigenvalue weighted by molar-refractivity contribution is 5.83. The number of esters is 1. The van der Waals surface area contributed by atoms with Crippen molar-refractivity contribution in [1.82, 2.24) is 0 Å². The van der Waals surface area contributed by atoms with Crippen LogP contribution in [0.2, 0.25) is 0 Å². The first-order valence-corrected chi connectivity index (χ1v) is 10.4. The van der Waals surface area contributed by atoms with Gasteiger partial charge in [0.2, 0.25) is 0 Å². The van der Waals surface area contributed by atoms with Crippen molar-refractivity contribution in [3.05, 3.63) is 46.7 Å². The third kappa shape index (κ3) is 3.70. The molecule has 2 aliphatic heterocycles. The minimum Gasteiger partial charge on any atom is -0.512 e. The van der Waals surface area contributed by atoms with E-state index in [9.17, 15) is 9.90 Å². The Hall–Kier alpha value is -1.85. The molecule has 2 heterocycles. The fourth-order valence-electron chi connectivity index (χ4n) is 5.20. The second kappa shape index (κ2) is 7.53. The molecule has 1 aromatic rings. The van der Waals surface area contributed by atoms with Gasteiger partial charge in [0.05, 0.1) is 19.3 Å². The fourth-order valence-corrected chi connectivity index (χ4v) is 5.20. The van der Waals surface area contributed by atoms with Crippen LogP contribution in [-0.4, -0.2) is 29.9 Å². The number of cyclic esters (lactones) is 1. The summed E-state index contributed by atoms with van der Waals surface area (Å²) in [6.07, 6.45) is 7.63. The maximum atomic E-state index is 12.1. The van der Waals surface area contributed by atoms with Crippen LogP contribution in [0.4, 0.5) is 0 Å². The highest BCUT2D eigenvalue weighted by Crippen LogP contribution is 2.44. The number of aryl methyl sites for hydroxylation is 2. The molecule has 2 fully saturated rings. The number of carbonyl (C=O) groups excluding carboxylic acids is 1. The summed E-state index contributed by atoms with van der Waals surface area (Å²) in [6, 6.07) is 6.37. The van der Waals surface area contributed by atoms with E-state index in [-0.39, 0.29) is 5.76 Å². The minimum absolute atomic E-state index is 0.151. The van der Waals surface area contributed by atoms with Crippen LogP contribution < -0.4 is 0 Å². The van der Waals surface area contributed by atoms with Gasteiger partial charge in [-0.2, -0.15) is 0 Å². The summed E-state index contributed by atoms with van der Waals surface area (Å²) in [5, 5.41) is 10.1. The highest BCUT2D eigenvalue weighted by Gasteiger charge is 2.46. The summed E-state index contributed by atoms with van der Waals surface area (Å²) in [6.45, 7) is 5.28. The van der Waals surface area contributed by atoms with E-state index in [0.717, 1.165) is 36.8 Å². The van der Waals surface area contributed by atoms with Crippen molar-refractivity contribution < 1.29 is 24.1 Å². The van der Waals surface area contributed by atoms with Gasteiger partial charge in [0.1, 0.15) is 11.4 Å². The highest BCUT2D eigenvalue weighted by atomic mass is 16.7. The Bertz CT molecular complexity index is 771. The summed E-state index contributed by atoms with van der Waals surface area (Å²) in [4.78, 5) is 12.1. The molecule has 5 heteroatoms. The molecule has 0 radical (unpaired) electrons. The van der Waals surface area contributed by atoms with E-state index in [1.807, 2.05) is 6.92 Å². The maximum Gasteiger partial charge on any atom is 0.334 e. The van der Waals surface area contributed by atoms with Gasteiger partial charge in [-0.15, -0.1) is 0 Å². The van der Waals surface area contributed by atoms with Crippen LogP contribution in [0, 0.1) is 12.8 Å². The van der Waals surface area contributed by atoms with E-state index in [2.05, 4.69) is 25.1 Å². The number of aliphatic hydroxyl groups excluding tert-OH is 1. The molecule has 1 N–H and O–H groups in total. The van der Waals surface area contributed by atoms with Gasteiger partial charge in [0.15, 0.2) is 5.79 Å². The van der Waals surface area contributed by atoms with Crippen LogP contribution in [-0.2, 0) is 31.2 Å². The van der Waals surface area contributed by atoms with Gasteiger partial charge in [-0.3, -0.25) is 0 Å². The van der Waals surface area contributed by atoms with Crippen molar-refractivity contribution in [3.8, 4) is 0 Å². The molecule has 1 aliphatic carbocycles. The first-order chi connectivity index (χ1) is 13.4. The molecule has 0 bridgehead atoms. The predicted molar refractivity (Wildman–Crippen MR) is 105 cm³/mol. The SMILES string of the molecule is Cc1cc(CCC2(C3CCCC3)CC(O)=CC(=O)O2)ccc1C1(C)OCCO1. The molecule has 5 nitrogen and oxygen atoms in total. The predicted octanol–water partition coefficient (Wildman–Crippen LogP) is 4.46. The van der Waals surface area contributed by atoms with Gasteiger partial charge in [0, 0.05) is 12.0 Å². The van der Waals surface area contributed by atoms with E-state index >= 15 is 0 Å². The molecule has 1 atom stereocenters. The molecule has 1 aromatic carbocycles. The Morgan fingerprint density at radius 2 is 1.89 bits per heavy atom. The molecule has 1 saturated heterocycles.